The van der Waals surface area contributed by atoms with Crippen molar-refractivity contribution in [2.45, 2.75) is 52.7 Å². The molecule has 0 saturated carbocycles. The van der Waals surface area contributed by atoms with Gasteiger partial charge >= 0.3 is 10.2 Å². The highest BCUT2D eigenvalue weighted by molar-refractivity contribution is 7.90. The Bertz CT molecular complexity index is 1440. The molecular weight excluding hydrogens is 560 g/mol. The Morgan fingerprint density at radius 1 is 0.902 bits per heavy atom. The first-order chi connectivity index (χ1) is 19.3. The lowest BCUT2D eigenvalue weighted by atomic mass is 10.0. The minimum atomic E-state index is -4.06. The molecule has 10 heteroatoms. The van der Waals surface area contributed by atoms with E-state index in [2.05, 4.69) is 5.32 Å². The number of rotatable bonds is 12. The van der Waals surface area contributed by atoms with Gasteiger partial charge in [-0.25, -0.2) is 4.31 Å². The predicted molar refractivity (Wildman–Crippen MR) is 165 cm³/mol. The summed E-state index contributed by atoms with van der Waals surface area (Å²) >= 11 is 6.11. The number of halogens is 1. The molecule has 3 aromatic carbocycles. The van der Waals surface area contributed by atoms with E-state index in [4.69, 9.17) is 11.6 Å². The van der Waals surface area contributed by atoms with Crippen LogP contribution >= 0.6 is 11.6 Å². The molecule has 0 fully saturated rings. The lowest BCUT2D eigenvalue weighted by Crippen LogP contribution is -2.55. The number of nitrogens with one attached hydrogen (secondary N) is 1. The van der Waals surface area contributed by atoms with Crippen LogP contribution in [0.1, 0.15) is 36.1 Å². The van der Waals surface area contributed by atoms with Gasteiger partial charge in [-0.2, -0.15) is 12.7 Å². The Hall–Kier alpha value is -3.40. The van der Waals surface area contributed by atoms with Crippen LogP contribution in [0.25, 0.3) is 0 Å². The molecule has 0 bridgehead atoms. The van der Waals surface area contributed by atoms with Gasteiger partial charge in [-0.1, -0.05) is 66.2 Å². The number of anilines is 1. The van der Waals surface area contributed by atoms with Crippen molar-refractivity contribution in [2.75, 3.05) is 24.9 Å². The average molecular weight is 599 g/mol. The van der Waals surface area contributed by atoms with Crippen LogP contribution in [0, 0.1) is 13.8 Å². The lowest BCUT2D eigenvalue weighted by molar-refractivity contribution is -0.140. The highest BCUT2D eigenvalue weighted by Gasteiger charge is 2.35. The molecule has 41 heavy (non-hydrogen) atoms. The van der Waals surface area contributed by atoms with Gasteiger partial charge in [-0.3, -0.25) is 9.59 Å². The number of benzene rings is 3. The molecule has 0 radical (unpaired) electrons. The summed E-state index contributed by atoms with van der Waals surface area (Å²) < 4.78 is 29.4. The third-order valence-electron chi connectivity index (χ3n) is 6.62. The van der Waals surface area contributed by atoms with E-state index in [1.54, 1.807) is 37.3 Å². The number of hydrogen-bond donors (Lipinski definition) is 1. The molecule has 8 nitrogen and oxygen atoms in total. The molecule has 0 aliphatic rings. The smallest absolute Gasteiger partial charge is 0.304 e. The van der Waals surface area contributed by atoms with Gasteiger partial charge in [0.05, 0.1) is 5.69 Å². The van der Waals surface area contributed by atoms with Crippen molar-refractivity contribution >= 4 is 39.3 Å². The summed E-state index contributed by atoms with van der Waals surface area (Å²) in [4.78, 5) is 29.4. The summed E-state index contributed by atoms with van der Waals surface area (Å²) in [5.74, 6) is -0.828. The molecule has 0 aromatic heterocycles. The molecular formula is C31H39ClN4O4S. The third-order valence-corrected chi connectivity index (χ3v) is 8.68. The van der Waals surface area contributed by atoms with Crippen molar-refractivity contribution < 1.29 is 18.0 Å². The lowest BCUT2D eigenvalue weighted by Gasteiger charge is -2.35. The van der Waals surface area contributed by atoms with Crippen molar-refractivity contribution in [1.82, 2.24) is 14.5 Å². The molecule has 1 atom stereocenters. The summed E-state index contributed by atoms with van der Waals surface area (Å²) in [7, 11) is -1.20. The zero-order chi connectivity index (χ0) is 30.3. The molecule has 0 spiro atoms. The fraction of sp³-hybridized carbons (Fsp3) is 0.355. The molecule has 0 saturated heterocycles. The van der Waals surface area contributed by atoms with Crippen molar-refractivity contribution in [2.24, 2.45) is 0 Å². The Balaban J connectivity index is 2.12. The van der Waals surface area contributed by atoms with Crippen LogP contribution in [0.4, 0.5) is 5.69 Å². The molecule has 3 aromatic rings. The number of amides is 2. The van der Waals surface area contributed by atoms with E-state index in [0.717, 1.165) is 25.3 Å². The Labute approximate surface area is 249 Å². The Morgan fingerprint density at radius 3 is 2.12 bits per heavy atom. The van der Waals surface area contributed by atoms with E-state index in [0.29, 0.717) is 16.3 Å². The van der Waals surface area contributed by atoms with Gasteiger partial charge in [-0.15, -0.1) is 0 Å². The van der Waals surface area contributed by atoms with E-state index in [1.165, 1.54) is 19.0 Å². The number of nitrogens with zero attached hydrogens (tertiary/aromatic N) is 3. The number of aryl methyl sites for hydroxylation is 2. The van der Waals surface area contributed by atoms with Crippen LogP contribution in [-0.2, 0) is 32.8 Å². The zero-order valence-corrected chi connectivity index (χ0v) is 26.0. The zero-order valence-electron chi connectivity index (χ0n) is 24.5. The summed E-state index contributed by atoms with van der Waals surface area (Å²) in [5, 5.41) is 3.49. The molecule has 0 aliphatic heterocycles. The summed E-state index contributed by atoms with van der Waals surface area (Å²) in [6.45, 7) is 6.98. The van der Waals surface area contributed by atoms with E-state index >= 15 is 0 Å². The topological polar surface area (TPSA) is 90.0 Å². The molecule has 2 amide bonds. The van der Waals surface area contributed by atoms with Gasteiger partial charge < -0.3 is 10.2 Å². The predicted octanol–water partition coefficient (Wildman–Crippen LogP) is 4.73. The number of carbonyl (C=O) groups excluding carboxylic acids is 2. The first kappa shape index (κ1) is 32.1. The van der Waals surface area contributed by atoms with Gasteiger partial charge in [0.2, 0.25) is 11.8 Å². The first-order valence-corrected chi connectivity index (χ1v) is 15.2. The molecule has 3 rings (SSSR count). The van der Waals surface area contributed by atoms with Crippen LogP contribution in [0.3, 0.4) is 0 Å². The van der Waals surface area contributed by atoms with Crippen LogP contribution in [0.15, 0.2) is 72.8 Å². The van der Waals surface area contributed by atoms with Gasteiger partial charge in [0, 0.05) is 38.1 Å². The van der Waals surface area contributed by atoms with Gasteiger partial charge in [-0.05, 0) is 68.1 Å². The van der Waals surface area contributed by atoms with Crippen molar-refractivity contribution in [3.8, 4) is 0 Å². The third kappa shape index (κ3) is 8.55. The monoisotopic (exact) mass is 598 g/mol. The molecule has 0 unspecified atom stereocenters. The second-order valence-electron chi connectivity index (χ2n) is 10.6. The standard InChI is InChI=1S/C31H39ClN4O4S/c1-22(2)33-31(38)29(19-25-10-8-7-9-11-25)35(20-26-14-16-27(32)17-15-26)30(37)21-36(41(39,40)34(5)6)28-18-23(3)12-13-24(28)4/h7-18,22,29H,19-21H2,1-6H3,(H,33,38)/t29-/m0/s1. The fourth-order valence-electron chi connectivity index (χ4n) is 4.41. The minimum Gasteiger partial charge on any atom is -0.352 e. The minimum absolute atomic E-state index is 0.0850. The maximum atomic E-state index is 14.3. The molecule has 0 aliphatic carbocycles. The van der Waals surface area contributed by atoms with E-state index in [-0.39, 0.29) is 24.9 Å². The summed E-state index contributed by atoms with van der Waals surface area (Å²) in [5.41, 5.74) is 3.60. The van der Waals surface area contributed by atoms with Gasteiger partial charge in [0.25, 0.3) is 0 Å². The SMILES string of the molecule is Cc1ccc(C)c(N(CC(=O)N(Cc2ccc(Cl)cc2)[C@@H](Cc2ccccc2)C(=O)NC(C)C)S(=O)(=O)N(C)C)c1. The molecule has 1 N–H and O–H groups in total. The first-order valence-electron chi connectivity index (χ1n) is 13.4. The Kier molecular flexibility index (Phi) is 11.0. The van der Waals surface area contributed by atoms with Gasteiger partial charge in [0.15, 0.2) is 0 Å². The average Bonchev–Trinajstić information content (AvgIpc) is 2.91. The van der Waals surface area contributed by atoms with Crippen LogP contribution in [0.2, 0.25) is 5.02 Å². The quantitative estimate of drug-likeness (QED) is 0.326. The van der Waals surface area contributed by atoms with E-state index in [1.807, 2.05) is 63.2 Å². The number of hydrogen-bond acceptors (Lipinski definition) is 4. The Morgan fingerprint density at radius 2 is 1.54 bits per heavy atom. The van der Waals surface area contributed by atoms with Crippen LogP contribution in [-0.4, -0.2) is 62.2 Å². The van der Waals surface area contributed by atoms with Crippen molar-refractivity contribution in [3.05, 3.63) is 100 Å². The van der Waals surface area contributed by atoms with Gasteiger partial charge in [0.1, 0.15) is 12.6 Å². The number of carbonyl (C=O) groups is 2. The fourth-order valence-corrected chi connectivity index (χ4v) is 5.65. The maximum absolute atomic E-state index is 14.3. The normalized spacial score (nSPS) is 12.3. The van der Waals surface area contributed by atoms with E-state index in [9.17, 15) is 18.0 Å². The second kappa shape index (κ2) is 14.0. The second-order valence-corrected chi connectivity index (χ2v) is 13.1. The highest BCUT2D eigenvalue weighted by Crippen LogP contribution is 2.26. The van der Waals surface area contributed by atoms with E-state index < -0.39 is 28.7 Å². The summed E-state index contributed by atoms with van der Waals surface area (Å²) in [6.07, 6.45) is 0.253. The largest absolute Gasteiger partial charge is 0.352 e. The summed E-state index contributed by atoms with van der Waals surface area (Å²) in [6, 6.07) is 20.9. The maximum Gasteiger partial charge on any atom is 0.304 e. The van der Waals surface area contributed by atoms with Crippen LogP contribution < -0.4 is 9.62 Å². The van der Waals surface area contributed by atoms with Crippen LogP contribution in [0.5, 0.6) is 0 Å². The molecule has 220 valence electrons. The van der Waals surface area contributed by atoms with Crippen molar-refractivity contribution in [3.63, 3.8) is 0 Å². The van der Waals surface area contributed by atoms with Crippen molar-refractivity contribution in [1.29, 1.82) is 0 Å². The molecule has 0 heterocycles. The highest BCUT2D eigenvalue weighted by atomic mass is 35.5.